The number of oxazole rings is 1. The number of allylic oxidation sites excluding steroid dienone is 1. The summed E-state index contributed by atoms with van der Waals surface area (Å²) in [6, 6.07) is 49.8. The number of anilines is 8. The van der Waals surface area contributed by atoms with Gasteiger partial charge in [0.05, 0.1) is 101 Å². The second kappa shape index (κ2) is 45.8. The molecular weight excluding hydrogens is 1930 g/mol. The Kier molecular flexibility index (Phi) is 31.4. The molecule has 0 unspecified atom stereocenters. The topological polar surface area (TPSA) is 473 Å². The largest absolute Gasteiger partial charge is 0.497 e. The highest BCUT2D eigenvalue weighted by atomic mass is 35.5. The van der Waals surface area contributed by atoms with Gasteiger partial charge in [0.15, 0.2) is 21.3 Å². The van der Waals surface area contributed by atoms with E-state index in [1.165, 1.54) is 13.4 Å². The van der Waals surface area contributed by atoms with Gasteiger partial charge in [0, 0.05) is 105 Å². The number of hydrogen-bond donors (Lipinski definition) is 11. The quantitative estimate of drug-likeness (QED) is 0.0199. The Morgan fingerprint density at radius 1 is 0.436 bits per heavy atom. The van der Waals surface area contributed by atoms with Crippen LogP contribution in [0.25, 0.3) is 83.2 Å². The summed E-state index contributed by atoms with van der Waals surface area (Å²) in [5, 5.41) is 35.6. The van der Waals surface area contributed by atoms with Crippen molar-refractivity contribution in [1.82, 2.24) is 81.1 Å². The van der Waals surface area contributed by atoms with Crippen LogP contribution in [-0.4, -0.2) is 179 Å². The zero-order valence-electron chi connectivity index (χ0n) is 84.2. The lowest BCUT2D eigenvalue weighted by Gasteiger charge is -2.18. The van der Waals surface area contributed by atoms with E-state index in [1.54, 1.807) is 122 Å². The van der Waals surface area contributed by atoms with E-state index in [0.29, 0.717) is 149 Å². The van der Waals surface area contributed by atoms with Crippen LogP contribution in [-0.2, 0) is 22.0 Å². The van der Waals surface area contributed by atoms with Crippen molar-refractivity contribution in [2.24, 2.45) is 0 Å². The van der Waals surface area contributed by atoms with Gasteiger partial charge >= 0.3 is 0 Å². The lowest BCUT2D eigenvalue weighted by Crippen LogP contribution is -2.18. The summed E-state index contributed by atoms with van der Waals surface area (Å²) in [6.07, 6.45) is 27.1. The van der Waals surface area contributed by atoms with Crippen LogP contribution in [0, 0.1) is 25.2 Å². The summed E-state index contributed by atoms with van der Waals surface area (Å²) in [4.78, 5) is 100. The van der Waals surface area contributed by atoms with Crippen molar-refractivity contribution in [1.29, 1.82) is 5.26 Å². The smallest absolute Gasteiger partial charge is 0.251 e. The fraction of sp³-hybridized carbons (Fsp3) is 0.297. The molecule has 8 aromatic heterocycles. The van der Waals surface area contributed by atoms with E-state index in [0.717, 1.165) is 203 Å². The van der Waals surface area contributed by atoms with Gasteiger partial charge in [-0.2, -0.15) is 40.1 Å². The van der Waals surface area contributed by atoms with Gasteiger partial charge in [-0.1, -0.05) is 72.3 Å². The molecule has 0 saturated heterocycles. The molecule has 5 aliphatic carbocycles. The Morgan fingerprint density at radius 3 is 1.26 bits per heavy atom. The molecule has 0 aliphatic heterocycles. The molecule has 4 amide bonds. The molecule has 766 valence electrons. The molecule has 4 saturated carbocycles. The molecule has 5 aliphatic rings. The highest BCUT2D eigenvalue weighted by Gasteiger charge is 2.33. The molecule has 11 N–H and O–H groups in total. The van der Waals surface area contributed by atoms with Gasteiger partial charge in [-0.25, -0.2) is 18.4 Å². The predicted molar refractivity (Wildman–Crippen MR) is 573 cm³/mol. The summed E-state index contributed by atoms with van der Waals surface area (Å²) in [7, 11) is 9.49. The SMILES string of the molecule is CNC(=O)c1ccc(Nc2nc(OC3CCCC3)c3c(-c4ccc(C)c(C#N)c4)c[nH]c3n2)c(OC)c1.CNC(=O)c1ccc(Nc2nc(OC3CCCC3)c3c(-c4ccc(CS(C)(=O)=O)cc4)c[nH]c3n2)c(OC)c1.CNC(=O)c1ccc(Nc2nc(OC3CCCC3)c3c(-c4cccc(OC)c4)c[nH]c3n2)c(Cl)c1.CNC(=O)c1ccc(Nc2nc3c(c(OC4CCCC4)n2)C(c2ccc4oc(C)nc4c2)=CC3)c(OC)c1. The van der Waals surface area contributed by atoms with Gasteiger partial charge in [0.25, 0.3) is 23.6 Å². The van der Waals surface area contributed by atoms with Gasteiger partial charge in [-0.15, -0.1) is 0 Å². The van der Waals surface area contributed by atoms with E-state index >= 15 is 0 Å². The van der Waals surface area contributed by atoms with Crippen LogP contribution in [0.3, 0.4) is 0 Å². The van der Waals surface area contributed by atoms with Crippen molar-refractivity contribution in [2.75, 3.05) is 84.2 Å². The van der Waals surface area contributed by atoms with Crippen molar-refractivity contribution in [3.63, 3.8) is 0 Å². The van der Waals surface area contributed by atoms with Gasteiger partial charge in [-0.05, 0) is 252 Å². The van der Waals surface area contributed by atoms with Crippen LogP contribution >= 0.6 is 11.6 Å². The van der Waals surface area contributed by atoms with Gasteiger partial charge in [0.2, 0.25) is 47.3 Å². The molecule has 149 heavy (non-hydrogen) atoms. The minimum Gasteiger partial charge on any atom is -0.497 e. The number of hydrogen-bond acceptors (Lipinski definition) is 29. The van der Waals surface area contributed by atoms with Crippen LogP contribution in [0.15, 0.2) is 187 Å². The van der Waals surface area contributed by atoms with Crippen molar-refractivity contribution in [3.05, 3.63) is 249 Å². The van der Waals surface area contributed by atoms with Gasteiger partial charge < -0.3 is 99.8 Å². The zero-order valence-corrected chi connectivity index (χ0v) is 85.8. The number of rotatable bonds is 30. The standard InChI is InChI=1S/C29H29N5O4.C28H28N6O3.C28H31N5O5S.C26H26ClN5O3/c1-16-31-23-14-17(9-13-24(23)37-16)20-10-12-22-26(20)28(38-19-6-4-5-7-19)34-29(33-22)32-21-11-8-18(27(35)30-2)15-25(21)36-3;1-16-8-9-17(12-19(16)14-29)21-15-31-25-24(21)27(37-20-6-4-5-7-20)34-28(33-25)32-22-11-10-18(26(35)30-2)13-23(22)36-3;1-29-26(34)19-12-13-22(23(14-19)37-2)31-28-32-25-24(27(33-28)38-20-6-4-5-7-20)21(15-30-25)18-10-8-17(9-11-18)16-39(3,35)36;1-28-24(33)16-10-11-21(20(27)13-16)30-26-31-23-22(25(32-26)35-17-7-3-4-8-17)19(14-29-23)15-6-5-9-18(12-15)34-2/h8-11,13-15,19H,4-7,12H2,1-3H3,(H,30,35)(H,32,33,34);8-13,15,20H,4-7H2,1-3H3,(H,30,35)(H2,31,32,33,34);8-15,20H,4-7,16H2,1-3H3,(H,29,34)(H2,30,31,32,33);5-6,9-14,17H,3-4,7-8H2,1-2H3,(H,28,33)(H2,29,30,31,32). The number of nitriles is 1. The van der Waals surface area contributed by atoms with E-state index in [9.17, 15) is 32.9 Å². The molecule has 4 fully saturated rings. The van der Waals surface area contributed by atoms with Crippen LogP contribution in [0.5, 0.6) is 46.5 Å². The minimum absolute atomic E-state index is 0.0110. The van der Waals surface area contributed by atoms with Crippen molar-refractivity contribution in [3.8, 4) is 86.0 Å². The Bertz CT molecular complexity index is 7910. The number of benzene rings is 8. The first-order valence-corrected chi connectivity index (χ1v) is 51.8. The Balaban J connectivity index is 0.000000130. The molecule has 0 spiro atoms. The molecule has 16 aromatic rings. The number of carbonyl (C=O) groups excluding carboxylic acids is 4. The number of aryl methyl sites for hydroxylation is 2. The van der Waals surface area contributed by atoms with Crippen molar-refractivity contribution < 1.29 is 69.9 Å². The normalized spacial score (nSPS) is 14.0. The Morgan fingerprint density at radius 2 is 0.832 bits per heavy atom. The number of halogens is 1. The summed E-state index contributed by atoms with van der Waals surface area (Å²) in [5.74, 6) is 5.51. The van der Waals surface area contributed by atoms with Crippen LogP contribution < -0.4 is 80.4 Å². The number of ether oxygens (including phenoxy) is 8. The summed E-state index contributed by atoms with van der Waals surface area (Å²) in [6.45, 7) is 3.77. The monoisotopic (exact) mass is 2050 g/mol. The summed E-state index contributed by atoms with van der Waals surface area (Å²) >= 11 is 6.44. The first-order valence-electron chi connectivity index (χ1n) is 49.4. The fourth-order valence-electron chi connectivity index (χ4n) is 19.0. The number of methoxy groups -OCH3 is 4. The molecule has 0 atom stereocenters. The maximum atomic E-state index is 12.1. The number of sulfone groups is 1. The number of carbonyl (C=O) groups is 4. The number of fused-ring (bicyclic) bond motifs is 5. The average Bonchev–Trinajstić information content (AvgIpc) is 1.64. The molecule has 36 nitrogen and oxygen atoms in total. The molecule has 0 radical (unpaired) electrons. The average molecular weight is 2050 g/mol. The number of aromatic amines is 3. The van der Waals surface area contributed by atoms with E-state index in [1.807, 2.05) is 117 Å². The predicted octanol–water partition coefficient (Wildman–Crippen LogP) is 20.9. The lowest BCUT2D eigenvalue weighted by atomic mass is 10.0. The van der Waals surface area contributed by atoms with E-state index in [-0.39, 0.29) is 53.8 Å². The first-order chi connectivity index (χ1) is 72.3. The molecule has 0 bridgehead atoms. The third-order valence-corrected chi connectivity index (χ3v) is 27.8. The Hall–Kier alpha value is -16.9. The molecular formula is C111H114ClN21O15S. The van der Waals surface area contributed by atoms with Crippen LogP contribution in [0.1, 0.15) is 184 Å². The molecule has 21 rings (SSSR count). The summed E-state index contributed by atoms with van der Waals surface area (Å²) in [5.41, 5.74) is 19.4. The van der Waals surface area contributed by atoms with Gasteiger partial charge in [0.1, 0.15) is 69.9 Å². The second-order valence-electron chi connectivity index (χ2n) is 36.7. The number of aromatic nitrogens is 12. The van der Waals surface area contributed by atoms with E-state index in [4.69, 9.17) is 88.8 Å². The molecule has 8 heterocycles. The third kappa shape index (κ3) is 23.6. The highest BCUT2D eigenvalue weighted by molar-refractivity contribution is 7.89. The number of H-pyrrole nitrogens is 3. The Labute approximate surface area is 864 Å². The maximum Gasteiger partial charge on any atom is 0.251 e. The maximum absolute atomic E-state index is 12.1. The van der Waals surface area contributed by atoms with Crippen LogP contribution in [0.4, 0.5) is 46.5 Å². The van der Waals surface area contributed by atoms with E-state index < -0.39 is 9.84 Å². The van der Waals surface area contributed by atoms with E-state index in [2.05, 4.69) is 79.6 Å². The number of nitrogens with zero attached hydrogens (tertiary/aromatic N) is 10. The van der Waals surface area contributed by atoms with Crippen molar-refractivity contribution in [2.45, 2.75) is 153 Å². The van der Waals surface area contributed by atoms with Crippen LogP contribution in [0.2, 0.25) is 5.02 Å². The zero-order chi connectivity index (χ0) is 104. The highest BCUT2D eigenvalue weighted by Crippen LogP contribution is 2.46. The lowest BCUT2D eigenvalue weighted by molar-refractivity contribution is 0.0955. The number of amides is 4. The minimum atomic E-state index is -3.12. The molecule has 8 aromatic carbocycles. The van der Waals surface area contributed by atoms with Crippen molar-refractivity contribution >= 4 is 141 Å². The number of nitrogens with one attached hydrogen (secondary N) is 11. The third-order valence-electron chi connectivity index (χ3n) is 26.6. The summed E-state index contributed by atoms with van der Waals surface area (Å²) < 4.78 is 76.8. The van der Waals surface area contributed by atoms with Gasteiger partial charge in [-0.3, -0.25) is 19.2 Å². The fourth-order valence-corrected chi connectivity index (χ4v) is 20.0. The molecule has 38 heteroatoms. The second-order valence-corrected chi connectivity index (χ2v) is 39.3. The first kappa shape index (κ1) is 102.